The number of alkyl halides is 3. The lowest BCUT2D eigenvalue weighted by atomic mass is 10.3. The van der Waals surface area contributed by atoms with Gasteiger partial charge in [-0.3, -0.25) is 4.57 Å². The van der Waals surface area contributed by atoms with E-state index in [1.807, 2.05) is 6.92 Å². The zero-order chi connectivity index (χ0) is 17.3. The fourth-order valence-corrected chi connectivity index (χ4v) is 2.44. The number of pyridine rings is 1. The summed E-state index contributed by atoms with van der Waals surface area (Å²) in [6, 6.07) is 7.80. The second-order valence-electron chi connectivity index (χ2n) is 5.06. The Labute approximate surface area is 136 Å². The van der Waals surface area contributed by atoms with Crippen molar-refractivity contribution in [3.63, 3.8) is 0 Å². The van der Waals surface area contributed by atoms with Gasteiger partial charge in [-0.1, -0.05) is 0 Å². The molecule has 8 heteroatoms. The molecule has 0 aliphatic heterocycles. The fraction of sp³-hybridized carbons (Fsp3) is 0.250. The van der Waals surface area contributed by atoms with E-state index in [1.165, 1.54) is 31.5 Å². The molecule has 0 aliphatic rings. The van der Waals surface area contributed by atoms with Crippen molar-refractivity contribution in [2.75, 3.05) is 19.0 Å². The number of hydrogen-bond donors (Lipinski definition) is 1. The lowest BCUT2D eigenvalue weighted by Gasteiger charge is -2.11. The predicted molar refractivity (Wildman–Crippen MR) is 84.6 cm³/mol. The monoisotopic (exact) mass is 336 g/mol. The molecule has 0 amide bonds. The summed E-state index contributed by atoms with van der Waals surface area (Å²) in [4.78, 5) is 7.87. The summed E-state index contributed by atoms with van der Waals surface area (Å²) in [6.07, 6.45) is -3.11. The van der Waals surface area contributed by atoms with E-state index in [0.717, 1.165) is 10.3 Å². The van der Waals surface area contributed by atoms with E-state index in [0.29, 0.717) is 17.8 Å². The molecule has 126 valence electrons. The van der Waals surface area contributed by atoms with E-state index in [9.17, 15) is 13.2 Å². The molecule has 0 bridgehead atoms. The zero-order valence-corrected chi connectivity index (χ0v) is 13.1. The second-order valence-corrected chi connectivity index (χ2v) is 5.06. The van der Waals surface area contributed by atoms with Gasteiger partial charge in [0.1, 0.15) is 11.6 Å². The van der Waals surface area contributed by atoms with Gasteiger partial charge < -0.3 is 10.1 Å². The number of nitrogens with zero attached hydrogens (tertiary/aromatic N) is 3. The highest BCUT2D eigenvalue weighted by atomic mass is 19.4. The SMILES string of the molecule is CCNc1ccc(-n2c(C(F)(F)F)nc3cc(OC)ccc32)nc1. The molecule has 0 saturated heterocycles. The number of methoxy groups -OCH3 is 1. The minimum absolute atomic E-state index is 0.150. The number of aromatic nitrogens is 3. The molecule has 0 fully saturated rings. The van der Waals surface area contributed by atoms with Crippen LogP contribution in [0.25, 0.3) is 16.9 Å². The van der Waals surface area contributed by atoms with Crippen LogP contribution < -0.4 is 10.1 Å². The third-order valence-electron chi connectivity index (χ3n) is 3.47. The Morgan fingerprint density at radius 1 is 1.21 bits per heavy atom. The van der Waals surface area contributed by atoms with E-state index in [2.05, 4.69) is 15.3 Å². The Hall–Kier alpha value is -2.77. The average Bonchev–Trinajstić information content (AvgIpc) is 2.94. The number of benzene rings is 1. The number of ether oxygens (including phenoxy) is 1. The summed E-state index contributed by atoms with van der Waals surface area (Å²) in [7, 11) is 1.45. The van der Waals surface area contributed by atoms with Crippen LogP contribution in [0.3, 0.4) is 0 Å². The van der Waals surface area contributed by atoms with Crippen molar-refractivity contribution in [2.45, 2.75) is 13.1 Å². The van der Waals surface area contributed by atoms with Gasteiger partial charge in [0.2, 0.25) is 5.82 Å². The molecule has 24 heavy (non-hydrogen) atoms. The van der Waals surface area contributed by atoms with E-state index >= 15 is 0 Å². The van der Waals surface area contributed by atoms with Crippen LogP contribution in [0.5, 0.6) is 5.75 Å². The molecule has 0 spiro atoms. The predicted octanol–water partition coefficient (Wildman–Crippen LogP) is 3.88. The van der Waals surface area contributed by atoms with Crippen molar-refractivity contribution in [3.05, 3.63) is 42.4 Å². The molecule has 3 aromatic rings. The fourth-order valence-electron chi connectivity index (χ4n) is 2.44. The smallest absolute Gasteiger partial charge is 0.450 e. The lowest BCUT2D eigenvalue weighted by molar-refractivity contribution is -0.145. The number of rotatable bonds is 4. The summed E-state index contributed by atoms with van der Waals surface area (Å²) in [5.41, 5.74) is 1.24. The minimum Gasteiger partial charge on any atom is -0.497 e. The molecule has 3 rings (SSSR count). The van der Waals surface area contributed by atoms with Crippen molar-refractivity contribution >= 4 is 16.7 Å². The maximum absolute atomic E-state index is 13.4. The van der Waals surface area contributed by atoms with Crippen LogP contribution in [0.4, 0.5) is 18.9 Å². The third kappa shape index (κ3) is 2.86. The maximum atomic E-state index is 13.4. The largest absolute Gasteiger partial charge is 0.497 e. The van der Waals surface area contributed by atoms with Crippen LogP contribution >= 0.6 is 0 Å². The normalized spacial score (nSPS) is 11.7. The Kier molecular flexibility index (Phi) is 4.04. The van der Waals surface area contributed by atoms with E-state index in [1.54, 1.807) is 12.1 Å². The molecule has 2 heterocycles. The molecule has 0 unspecified atom stereocenters. The first-order chi connectivity index (χ1) is 11.4. The van der Waals surface area contributed by atoms with Crippen LogP contribution in [0.1, 0.15) is 12.7 Å². The molecule has 1 aromatic carbocycles. The molecule has 0 saturated carbocycles. The highest BCUT2D eigenvalue weighted by Gasteiger charge is 2.38. The number of imidazole rings is 1. The van der Waals surface area contributed by atoms with Gasteiger partial charge in [0, 0.05) is 12.6 Å². The molecule has 5 nitrogen and oxygen atoms in total. The lowest BCUT2D eigenvalue weighted by Crippen LogP contribution is -2.14. The first-order valence-electron chi connectivity index (χ1n) is 7.28. The topological polar surface area (TPSA) is 52.0 Å². The first-order valence-corrected chi connectivity index (χ1v) is 7.28. The van der Waals surface area contributed by atoms with Crippen molar-refractivity contribution in [1.29, 1.82) is 0 Å². The highest BCUT2D eigenvalue weighted by molar-refractivity contribution is 5.79. The minimum atomic E-state index is -4.60. The second kappa shape index (κ2) is 6.03. The Morgan fingerprint density at radius 2 is 2.00 bits per heavy atom. The summed E-state index contributed by atoms with van der Waals surface area (Å²) in [5.74, 6) is -0.428. The standard InChI is InChI=1S/C16H15F3N4O/c1-3-20-10-4-7-14(21-9-10)23-13-6-5-11(24-2)8-12(13)22-15(23)16(17,18)19/h4-9,20H,3H2,1-2H3. The summed E-state index contributed by atoms with van der Waals surface area (Å²) in [5, 5.41) is 3.05. The van der Waals surface area contributed by atoms with Crippen molar-refractivity contribution in [2.24, 2.45) is 0 Å². The molecular weight excluding hydrogens is 321 g/mol. The molecule has 1 N–H and O–H groups in total. The Balaban J connectivity index is 2.20. The summed E-state index contributed by atoms with van der Waals surface area (Å²) in [6.45, 7) is 2.62. The number of nitrogens with one attached hydrogen (secondary N) is 1. The Bertz CT molecular complexity index is 856. The van der Waals surface area contributed by atoms with Crippen LogP contribution in [0.15, 0.2) is 36.5 Å². The number of anilines is 1. The van der Waals surface area contributed by atoms with Crippen molar-refractivity contribution < 1.29 is 17.9 Å². The molecular formula is C16H15F3N4O. The number of fused-ring (bicyclic) bond motifs is 1. The van der Waals surface area contributed by atoms with Gasteiger partial charge in [0.25, 0.3) is 0 Å². The van der Waals surface area contributed by atoms with Crippen LogP contribution in [0, 0.1) is 0 Å². The van der Waals surface area contributed by atoms with Gasteiger partial charge >= 0.3 is 6.18 Å². The van der Waals surface area contributed by atoms with Gasteiger partial charge in [-0.15, -0.1) is 0 Å². The van der Waals surface area contributed by atoms with Gasteiger partial charge in [0.15, 0.2) is 0 Å². The highest BCUT2D eigenvalue weighted by Crippen LogP contribution is 2.34. The summed E-state index contributed by atoms with van der Waals surface area (Å²) < 4.78 is 46.3. The average molecular weight is 336 g/mol. The maximum Gasteiger partial charge on any atom is 0.450 e. The van der Waals surface area contributed by atoms with Crippen LogP contribution in [0.2, 0.25) is 0 Å². The van der Waals surface area contributed by atoms with Crippen LogP contribution in [-0.4, -0.2) is 28.2 Å². The van der Waals surface area contributed by atoms with Gasteiger partial charge in [-0.25, -0.2) is 9.97 Å². The zero-order valence-electron chi connectivity index (χ0n) is 13.1. The first kappa shape index (κ1) is 16.1. The third-order valence-corrected chi connectivity index (χ3v) is 3.47. The van der Waals surface area contributed by atoms with E-state index in [-0.39, 0.29) is 11.3 Å². The molecule has 2 aromatic heterocycles. The molecule has 0 radical (unpaired) electrons. The quantitative estimate of drug-likeness (QED) is 0.785. The van der Waals surface area contributed by atoms with Gasteiger partial charge in [0.05, 0.1) is 30.0 Å². The van der Waals surface area contributed by atoms with Gasteiger partial charge in [-0.2, -0.15) is 13.2 Å². The Morgan fingerprint density at radius 3 is 2.58 bits per heavy atom. The molecule has 0 atom stereocenters. The molecule has 0 aliphatic carbocycles. The van der Waals surface area contributed by atoms with Crippen molar-refractivity contribution in [1.82, 2.24) is 14.5 Å². The number of halogens is 3. The van der Waals surface area contributed by atoms with Gasteiger partial charge in [-0.05, 0) is 31.2 Å². The summed E-state index contributed by atoms with van der Waals surface area (Å²) >= 11 is 0. The number of hydrogen-bond acceptors (Lipinski definition) is 4. The van der Waals surface area contributed by atoms with E-state index in [4.69, 9.17) is 4.74 Å². The van der Waals surface area contributed by atoms with Crippen molar-refractivity contribution in [3.8, 4) is 11.6 Å². The van der Waals surface area contributed by atoms with Crippen LogP contribution in [-0.2, 0) is 6.18 Å². The van der Waals surface area contributed by atoms with E-state index < -0.39 is 12.0 Å².